The number of fused-ring (bicyclic) bond motifs is 1. The van der Waals surface area contributed by atoms with Crippen LogP contribution in [0.2, 0.25) is 0 Å². The molecule has 0 radical (unpaired) electrons. The molecule has 3 aromatic rings. The van der Waals surface area contributed by atoms with Crippen LogP contribution in [0, 0.1) is 0 Å². The van der Waals surface area contributed by atoms with Gasteiger partial charge in [0.2, 0.25) is 0 Å². The molecule has 1 aliphatic rings. The largest absolute Gasteiger partial charge is 0.370 e. The summed E-state index contributed by atoms with van der Waals surface area (Å²) in [5, 5.41) is 11.8. The molecular weight excluding hydrogens is 302 g/mol. The summed E-state index contributed by atoms with van der Waals surface area (Å²) >= 11 is 0. The maximum absolute atomic E-state index is 5.86. The quantitative estimate of drug-likeness (QED) is 0.671. The molecule has 1 aliphatic carbocycles. The second kappa shape index (κ2) is 6.52. The van der Waals surface area contributed by atoms with E-state index in [1.807, 2.05) is 34.9 Å². The van der Waals surface area contributed by atoms with Crippen LogP contribution in [0.1, 0.15) is 36.7 Å². The minimum absolute atomic E-state index is 0.333. The summed E-state index contributed by atoms with van der Waals surface area (Å²) in [6.07, 6.45) is 7.51. The van der Waals surface area contributed by atoms with Crippen molar-refractivity contribution in [3.8, 4) is 0 Å². The second-order valence-corrected chi connectivity index (χ2v) is 6.33. The standard InChI is InChI=1S/C17H21N7/c18-13-8-12(9-13)14-10-15(21-11-20-14)19-6-3-5-17-23-22-16-4-1-2-7-24(16)17/h1-2,4,7,10-13H,3,5-6,8-9,18H2,(H,19,20,21). The molecule has 24 heavy (non-hydrogen) atoms. The van der Waals surface area contributed by atoms with E-state index in [0.717, 1.165) is 55.2 Å². The number of pyridine rings is 1. The summed E-state index contributed by atoms with van der Waals surface area (Å²) in [5.74, 6) is 2.36. The van der Waals surface area contributed by atoms with Gasteiger partial charge in [-0.3, -0.25) is 4.40 Å². The van der Waals surface area contributed by atoms with Gasteiger partial charge in [0.15, 0.2) is 5.65 Å². The lowest BCUT2D eigenvalue weighted by Crippen LogP contribution is -2.35. The van der Waals surface area contributed by atoms with Gasteiger partial charge in [-0.05, 0) is 31.4 Å². The summed E-state index contributed by atoms with van der Waals surface area (Å²) < 4.78 is 2.03. The average molecular weight is 323 g/mol. The zero-order valence-electron chi connectivity index (χ0n) is 13.5. The topological polar surface area (TPSA) is 94.0 Å². The SMILES string of the molecule is NC1CC(c2cc(NCCCc3nnc4ccccn34)ncn2)C1. The molecule has 0 unspecified atom stereocenters. The molecule has 124 valence electrons. The molecule has 0 bridgehead atoms. The Labute approximate surface area is 140 Å². The molecule has 1 saturated carbocycles. The van der Waals surface area contributed by atoms with Gasteiger partial charge in [0.1, 0.15) is 18.0 Å². The van der Waals surface area contributed by atoms with Gasteiger partial charge < -0.3 is 11.1 Å². The number of nitrogens with zero attached hydrogens (tertiary/aromatic N) is 5. The van der Waals surface area contributed by atoms with Crippen molar-refractivity contribution in [1.82, 2.24) is 24.6 Å². The van der Waals surface area contributed by atoms with E-state index in [1.165, 1.54) is 0 Å². The summed E-state index contributed by atoms with van der Waals surface area (Å²) in [4.78, 5) is 8.67. The Kier molecular flexibility index (Phi) is 4.08. The lowest BCUT2D eigenvalue weighted by molar-refractivity contribution is 0.345. The summed E-state index contributed by atoms with van der Waals surface area (Å²) in [7, 11) is 0. The lowest BCUT2D eigenvalue weighted by atomic mass is 9.79. The van der Waals surface area contributed by atoms with Crippen molar-refractivity contribution in [3.63, 3.8) is 0 Å². The third-order valence-electron chi connectivity index (χ3n) is 4.55. The molecule has 0 amide bonds. The van der Waals surface area contributed by atoms with Crippen LogP contribution in [-0.4, -0.2) is 37.2 Å². The number of nitrogens with two attached hydrogens (primary N) is 1. The Morgan fingerprint density at radius 3 is 3.00 bits per heavy atom. The highest BCUT2D eigenvalue weighted by Crippen LogP contribution is 2.34. The van der Waals surface area contributed by atoms with E-state index in [9.17, 15) is 0 Å². The molecule has 0 atom stereocenters. The van der Waals surface area contributed by atoms with Crippen LogP contribution in [0.3, 0.4) is 0 Å². The van der Waals surface area contributed by atoms with Gasteiger partial charge >= 0.3 is 0 Å². The molecule has 7 heteroatoms. The van der Waals surface area contributed by atoms with Crippen LogP contribution in [0.5, 0.6) is 0 Å². The third-order valence-corrected chi connectivity index (χ3v) is 4.55. The van der Waals surface area contributed by atoms with Crippen LogP contribution in [0.4, 0.5) is 5.82 Å². The number of rotatable bonds is 6. The van der Waals surface area contributed by atoms with E-state index in [4.69, 9.17) is 5.73 Å². The van der Waals surface area contributed by atoms with E-state index in [-0.39, 0.29) is 0 Å². The fourth-order valence-electron chi connectivity index (χ4n) is 3.12. The van der Waals surface area contributed by atoms with E-state index >= 15 is 0 Å². The molecule has 0 aromatic carbocycles. The van der Waals surface area contributed by atoms with E-state index in [2.05, 4.69) is 25.5 Å². The van der Waals surface area contributed by atoms with Crippen LogP contribution in [0.25, 0.3) is 5.65 Å². The molecule has 7 nitrogen and oxygen atoms in total. The normalized spacial score (nSPS) is 20.0. The van der Waals surface area contributed by atoms with Gasteiger partial charge in [0, 0.05) is 42.9 Å². The van der Waals surface area contributed by atoms with Crippen LogP contribution < -0.4 is 11.1 Å². The van der Waals surface area contributed by atoms with Crippen molar-refractivity contribution in [2.75, 3.05) is 11.9 Å². The number of aromatic nitrogens is 5. The van der Waals surface area contributed by atoms with E-state index in [0.29, 0.717) is 12.0 Å². The van der Waals surface area contributed by atoms with Gasteiger partial charge in [-0.15, -0.1) is 10.2 Å². The highest BCUT2D eigenvalue weighted by atomic mass is 15.2. The predicted molar refractivity (Wildman–Crippen MR) is 91.8 cm³/mol. The molecule has 3 heterocycles. The first-order chi connectivity index (χ1) is 11.8. The van der Waals surface area contributed by atoms with Gasteiger partial charge in [0.25, 0.3) is 0 Å². The molecule has 4 rings (SSSR count). The smallest absolute Gasteiger partial charge is 0.160 e. The molecule has 3 aromatic heterocycles. The molecule has 3 N–H and O–H groups in total. The summed E-state index contributed by atoms with van der Waals surface area (Å²) in [6, 6.07) is 8.30. The molecule has 0 aliphatic heterocycles. The highest BCUT2D eigenvalue weighted by molar-refractivity contribution is 5.37. The Balaban J connectivity index is 1.30. The first-order valence-corrected chi connectivity index (χ1v) is 8.39. The van der Waals surface area contributed by atoms with E-state index in [1.54, 1.807) is 6.33 Å². The van der Waals surface area contributed by atoms with Crippen molar-refractivity contribution in [2.45, 2.75) is 37.6 Å². The third kappa shape index (κ3) is 3.07. The van der Waals surface area contributed by atoms with Crippen LogP contribution in [0.15, 0.2) is 36.8 Å². The Morgan fingerprint density at radius 1 is 1.21 bits per heavy atom. The van der Waals surface area contributed by atoms with Crippen molar-refractivity contribution in [1.29, 1.82) is 0 Å². The first-order valence-electron chi connectivity index (χ1n) is 8.39. The van der Waals surface area contributed by atoms with Gasteiger partial charge in [-0.25, -0.2) is 9.97 Å². The average Bonchev–Trinajstić information content (AvgIpc) is 2.99. The monoisotopic (exact) mass is 323 g/mol. The first kappa shape index (κ1) is 15.0. The van der Waals surface area contributed by atoms with Crippen LogP contribution in [-0.2, 0) is 6.42 Å². The van der Waals surface area contributed by atoms with Crippen molar-refractivity contribution in [2.24, 2.45) is 5.73 Å². The minimum atomic E-state index is 0.333. The van der Waals surface area contributed by atoms with E-state index < -0.39 is 0 Å². The minimum Gasteiger partial charge on any atom is -0.370 e. The molecular formula is C17H21N7. The second-order valence-electron chi connectivity index (χ2n) is 6.33. The Hall–Kier alpha value is -2.54. The fourth-order valence-corrected chi connectivity index (χ4v) is 3.12. The molecule has 1 fully saturated rings. The highest BCUT2D eigenvalue weighted by Gasteiger charge is 2.28. The van der Waals surface area contributed by atoms with Crippen molar-refractivity contribution in [3.05, 3.63) is 48.3 Å². The maximum Gasteiger partial charge on any atom is 0.160 e. The lowest BCUT2D eigenvalue weighted by Gasteiger charge is -2.31. The predicted octanol–water partition coefficient (Wildman–Crippen LogP) is 1.77. The van der Waals surface area contributed by atoms with Crippen molar-refractivity contribution >= 4 is 11.5 Å². The molecule has 0 spiro atoms. The summed E-state index contributed by atoms with van der Waals surface area (Å²) in [5.41, 5.74) is 7.84. The molecule has 0 saturated heterocycles. The number of anilines is 1. The number of hydrogen-bond donors (Lipinski definition) is 2. The number of hydrogen-bond acceptors (Lipinski definition) is 6. The fraction of sp³-hybridized carbons (Fsp3) is 0.412. The number of aryl methyl sites for hydroxylation is 1. The Morgan fingerprint density at radius 2 is 2.12 bits per heavy atom. The van der Waals surface area contributed by atoms with Gasteiger partial charge in [-0.1, -0.05) is 6.07 Å². The zero-order chi connectivity index (χ0) is 16.4. The number of nitrogens with one attached hydrogen (secondary N) is 1. The summed E-state index contributed by atoms with van der Waals surface area (Å²) in [6.45, 7) is 0.836. The zero-order valence-corrected chi connectivity index (χ0v) is 13.5. The van der Waals surface area contributed by atoms with Gasteiger partial charge in [-0.2, -0.15) is 0 Å². The van der Waals surface area contributed by atoms with Gasteiger partial charge in [0.05, 0.1) is 0 Å². The van der Waals surface area contributed by atoms with Crippen LogP contribution >= 0.6 is 0 Å². The maximum atomic E-state index is 5.86. The van der Waals surface area contributed by atoms with Crippen molar-refractivity contribution < 1.29 is 0 Å². The Bertz CT molecular complexity index is 822.